The van der Waals surface area contributed by atoms with E-state index in [1.165, 1.54) is 19.4 Å². The van der Waals surface area contributed by atoms with Crippen molar-refractivity contribution in [2.24, 2.45) is 5.92 Å². The van der Waals surface area contributed by atoms with Gasteiger partial charge in [-0.25, -0.2) is 0 Å². The number of rotatable bonds is 2. The van der Waals surface area contributed by atoms with Crippen molar-refractivity contribution in [3.05, 3.63) is 0 Å². The number of hydrogen-bond donors (Lipinski definition) is 2. The standard InChI is InChI=1S/C9H18N2/c1-6(2)11-9-4-8-3-7(9)5-10-8/h6-11H,3-5H2,1-2H3/t7-,8-,9+/m1/s1. The van der Waals surface area contributed by atoms with E-state index in [0.29, 0.717) is 6.04 Å². The second-order valence-corrected chi connectivity index (χ2v) is 4.26. The highest BCUT2D eigenvalue weighted by Crippen LogP contribution is 2.31. The summed E-state index contributed by atoms with van der Waals surface area (Å²) in [5.74, 6) is 0.919. The highest BCUT2D eigenvalue weighted by molar-refractivity contribution is 4.99. The number of fused-ring (bicyclic) bond motifs is 2. The fourth-order valence-electron chi connectivity index (χ4n) is 2.47. The van der Waals surface area contributed by atoms with Crippen molar-refractivity contribution in [2.75, 3.05) is 6.54 Å². The smallest absolute Gasteiger partial charge is 0.0125 e. The lowest BCUT2D eigenvalue weighted by atomic mass is 10.0. The molecular formula is C9H18N2. The minimum atomic E-state index is 0.652. The van der Waals surface area contributed by atoms with Crippen LogP contribution in [0.25, 0.3) is 0 Å². The van der Waals surface area contributed by atoms with Crippen molar-refractivity contribution >= 4 is 0 Å². The molecule has 2 nitrogen and oxygen atoms in total. The van der Waals surface area contributed by atoms with E-state index in [4.69, 9.17) is 0 Å². The Morgan fingerprint density at radius 1 is 1.36 bits per heavy atom. The van der Waals surface area contributed by atoms with Gasteiger partial charge in [-0.05, 0) is 25.3 Å². The first-order chi connectivity index (χ1) is 5.25. The largest absolute Gasteiger partial charge is 0.314 e. The molecule has 2 fully saturated rings. The molecule has 64 valence electrons. The van der Waals surface area contributed by atoms with Crippen LogP contribution in [0.15, 0.2) is 0 Å². The van der Waals surface area contributed by atoms with Gasteiger partial charge in [-0.3, -0.25) is 0 Å². The molecule has 0 unspecified atom stereocenters. The molecule has 0 aromatic carbocycles. The lowest BCUT2D eigenvalue weighted by Gasteiger charge is -2.25. The number of nitrogens with one attached hydrogen (secondary N) is 2. The molecule has 1 aliphatic carbocycles. The van der Waals surface area contributed by atoms with Crippen molar-refractivity contribution in [3.63, 3.8) is 0 Å². The van der Waals surface area contributed by atoms with Crippen LogP contribution in [0.3, 0.4) is 0 Å². The Bertz CT molecular complexity index is 144. The van der Waals surface area contributed by atoms with Gasteiger partial charge in [0.2, 0.25) is 0 Å². The highest BCUT2D eigenvalue weighted by atomic mass is 15.1. The zero-order valence-corrected chi connectivity index (χ0v) is 7.43. The normalized spacial score (nSPS) is 42.3. The van der Waals surface area contributed by atoms with Crippen LogP contribution in [0.5, 0.6) is 0 Å². The third kappa shape index (κ3) is 1.42. The van der Waals surface area contributed by atoms with Gasteiger partial charge in [0.25, 0.3) is 0 Å². The summed E-state index contributed by atoms with van der Waals surface area (Å²) in [5.41, 5.74) is 0. The van der Waals surface area contributed by atoms with Crippen LogP contribution < -0.4 is 10.6 Å². The van der Waals surface area contributed by atoms with Gasteiger partial charge in [0, 0.05) is 18.1 Å². The summed E-state index contributed by atoms with van der Waals surface area (Å²) in [6, 6.07) is 2.29. The molecule has 2 heteroatoms. The van der Waals surface area contributed by atoms with E-state index in [1.54, 1.807) is 0 Å². The first kappa shape index (κ1) is 7.56. The molecule has 3 atom stereocenters. The third-order valence-electron chi connectivity index (χ3n) is 2.91. The zero-order valence-electron chi connectivity index (χ0n) is 7.43. The molecule has 1 saturated heterocycles. The summed E-state index contributed by atoms with van der Waals surface area (Å²) in [6.45, 7) is 5.72. The van der Waals surface area contributed by atoms with E-state index in [-0.39, 0.29) is 0 Å². The molecule has 1 aliphatic heterocycles. The van der Waals surface area contributed by atoms with Gasteiger partial charge >= 0.3 is 0 Å². The fourth-order valence-corrected chi connectivity index (χ4v) is 2.47. The maximum Gasteiger partial charge on any atom is 0.0125 e. The van der Waals surface area contributed by atoms with E-state index in [9.17, 15) is 0 Å². The predicted molar refractivity (Wildman–Crippen MR) is 46.6 cm³/mol. The molecule has 0 aromatic heterocycles. The topological polar surface area (TPSA) is 24.1 Å². The monoisotopic (exact) mass is 154 g/mol. The van der Waals surface area contributed by atoms with Crippen molar-refractivity contribution < 1.29 is 0 Å². The molecule has 1 heterocycles. The maximum absolute atomic E-state index is 3.63. The van der Waals surface area contributed by atoms with Crippen LogP contribution >= 0.6 is 0 Å². The summed E-state index contributed by atoms with van der Waals surface area (Å²) in [7, 11) is 0. The van der Waals surface area contributed by atoms with Crippen LogP contribution in [0.4, 0.5) is 0 Å². The van der Waals surface area contributed by atoms with Crippen LogP contribution in [-0.4, -0.2) is 24.7 Å². The molecule has 0 spiro atoms. The SMILES string of the molecule is CC(C)N[C@H]1C[C@H]2C[C@@H]1CN2. The molecule has 0 amide bonds. The second-order valence-electron chi connectivity index (χ2n) is 4.26. The van der Waals surface area contributed by atoms with Gasteiger partial charge < -0.3 is 10.6 Å². The maximum atomic E-state index is 3.63. The van der Waals surface area contributed by atoms with Crippen LogP contribution in [0.2, 0.25) is 0 Å². The van der Waals surface area contributed by atoms with Crippen molar-refractivity contribution in [1.29, 1.82) is 0 Å². The molecule has 11 heavy (non-hydrogen) atoms. The van der Waals surface area contributed by atoms with Crippen LogP contribution in [0, 0.1) is 5.92 Å². The summed E-state index contributed by atoms with van der Waals surface area (Å²) in [5, 5.41) is 7.15. The fraction of sp³-hybridized carbons (Fsp3) is 1.00. The van der Waals surface area contributed by atoms with Gasteiger partial charge in [0.1, 0.15) is 0 Å². The Labute approximate surface area is 68.7 Å². The Morgan fingerprint density at radius 2 is 2.18 bits per heavy atom. The lowest BCUT2D eigenvalue weighted by Crippen LogP contribution is -2.44. The van der Waals surface area contributed by atoms with Crippen LogP contribution in [-0.2, 0) is 0 Å². The van der Waals surface area contributed by atoms with E-state index in [0.717, 1.165) is 18.0 Å². The van der Waals surface area contributed by atoms with Gasteiger partial charge in [-0.15, -0.1) is 0 Å². The van der Waals surface area contributed by atoms with E-state index in [1.807, 2.05) is 0 Å². The molecular weight excluding hydrogens is 136 g/mol. The van der Waals surface area contributed by atoms with E-state index < -0.39 is 0 Å². The van der Waals surface area contributed by atoms with Crippen molar-refractivity contribution in [1.82, 2.24) is 10.6 Å². The zero-order chi connectivity index (χ0) is 7.84. The highest BCUT2D eigenvalue weighted by Gasteiger charge is 2.39. The van der Waals surface area contributed by atoms with Crippen molar-refractivity contribution in [2.45, 2.75) is 44.8 Å². The Hall–Kier alpha value is -0.0800. The predicted octanol–water partition coefficient (Wildman–Crippen LogP) is 0.735. The first-order valence-electron chi connectivity index (χ1n) is 4.75. The summed E-state index contributed by atoms with van der Waals surface area (Å²) >= 11 is 0. The van der Waals surface area contributed by atoms with Gasteiger partial charge in [-0.2, -0.15) is 0 Å². The summed E-state index contributed by atoms with van der Waals surface area (Å²) < 4.78 is 0. The van der Waals surface area contributed by atoms with Crippen molar-refractivity contribution in [3.8, 4) is 0 Å². The van der Waals surface area contributed by atoms with Gasteiger partial charge in [-0.1, -0.05) is 13.8 Å². The first-order valence-corrected chi connectivity index (χ1v) is 4.75. The summed E-state index contributed by atoms with van der Waals surface area (Å²) in [6.07, 6.45) is 2.76. The molecule has 1 saturated carbocycles. The Kier molecular flexibility index (Phi) is 1.90. The lowest BCUT2D eigenvalue weighted by molar-refractivity contribution is 0.346. The van der Waals surface area contributed by atoms with E-state index in [2.05, 4.69) is 24.5 Å². The number of piperidine rings is 1. The minimum Gasteiger partial charge on any atom is -0.314 e. The Morgan fingerprint density at radius 3 is 2.64 bits per heavy atom. The molecule has 2 rings (SSSR count). The average Bonchev–Trinajstić information content (AvgIpc) is 2.45. The molecule has 2 bridgehead atoms. The quantitative estimate of drug-likeness (QED) is 0.613. The Balaban J connectivity index is 1.87. The molecule has 2 aliphatic rings. The van der Waals surface area contributed by atoms with Crippen LogP contribution in [0.1, 0.15) is 26.7 Å². The van der Waals surface area contributed by atoms with Gasteiger partial charge in [0.15, 0.2) is 0 Å². The molecule has 0 radical (unpaired) electrons. The number of hydrogen-bond acceptors (Lipinski definition) is 2. The van der Waals surface area contributed by atoms with E-state index >= 15 is 0 Å². The van der Waals surface area contributed by atoms with Gasteiger partial charge in [0.05, 0.1) is 0 Å². The second kappa shape index (κ2) is 2.76. The molecule has 2 N–H and O–H groups in total. The third-order valence-corrected chi connectivity index (χ3v) is 2.91. The molecule has 0 aromatic rings. The summed E-state index contributed by atoms with van der Waals surface area (Å²) in [4.78, 5) is 0. The average molecular weight is 154 g/mol. The minimum absolute atomic E-state index is 0.652.